The topological polar surface area (TPSA) is 0 Å². The van der Waals surface area contributed by atoms with E-state index in [1.54, 1.807) is 0 Å². The number of hydrogen-bond donors (Lipinski definition) is 0. The van der Waals surface area contributed by atoms with Crippen molar-refractivity contribution < 1.29 is 0 Å². The van der Waals surface area contributed by atoms with E-state index in [1.807, 2.05) is 0 Å². The van der Waals surface area contributed by atoms with Crippen molar-refractivity contribution in [3.05, 3.63) is 0 Å². The van der Waals surface area contributed by atoms with E-state index in [4.69, 9.17) is 0 Å². The molecule has 0 nitrogen and oxygen atoms in total. The molecule has 0 aliphatic heterocycles. The number of unbranched alkanes of at least 4 members (excludes halogenated alkanes) is 1. The van der Waals surface area contributed by atoms with E-state index in [0.29, 0.717) is 0 Å². The average Bonchev–Trinajstić information content (AvgIpc) is 2.78. The van der Waals surface area contributed by atoms with Crippen LogP contribution in [0.1, 0.15) is 52.9 Å². The minimum absolute atomic E-state index is 1.03. The van der Waals surface area contributed by atoms with Gasteiger partial charge in [0.15, 0.2) is 0 Å². The predicted molar refractivity (Wildman–Crippen MR) is 62.9 cm³/mol. The molecular weight excluding hydrogens is 155 g/mol. The fourth-order valence-electron chi connectivity index (χ4n) is 3.14. The molecule has 1 fully saturated rings. The summed E-state index contributed by atoms with van der Waals surface area (Å²) in [6.07, 6.45) is 7.12. The van der Waals surface area contributed by atoms with Gasteiger partial charge in [-0.05, 0) is 17.8 Å². The summed E-state index contributed by atoms with van der Waals surface area (Å²) in [7, 11) is 2.45. The quantitative estimate of drug-likeness (QED) is 0.550. The van der Waals surface area contributed by atoms with Crippen molar-refractivity contribution in [3.63, 3.8) is 0 Å². The van der Waals surface area contributed by atoms with Gasteiger partial charge < -0.3 is 0 Å². The maximum absolute atomic E-state index is 2.45. The van der Waals surface area contributed by atoms with Gasteiger partial charge >= 0.3 is 0 Å². The fraction of sp³-hybridized carbons (Fsp3) is 1.00. The lowest BCUT2D eigenvalue weighted by atomic mass is 9.88. The van der Waals surface area contributed by atoms with Crippen molar-refractivity contribution in [3.8, 4) is 0 Å². The lowest BCUT2D eigenvalue weighted by molar-refractivity contribution is 0.379. The second-order valence-corrected chi connectivity index (χ2v) is 4.82. The molecule has 0 spiro atoms. The van der Waals surface area contributed by atoms with Gasteiger partial charge in [-0.15, -0.1) is 0 Å². The molecule has 0 aromatic heterocycles. The van der Waals surface area contributed by atoms with E-state index in [9.17, 15) is 0 Å². The van der Waals surface area contributed by atoms with E-state index in [1.165, 1.54) is 32.1 Å². The van der Waals surface area contributed by atoms with Gasteiger partial charge in [0.05, 0.1) is 0 Å². The molecule has 0 bridgehead atoms. The molecule has 3 unspecified atom stereocenters. The van der Waals surface area contributed by atoms with Crippen molar-refractivity contribution in [1.82, 2.24) is 0 Å². The predicted octanol–water partition coefficient (Wildman–Crippen LogP) is 3.28. The molecular formula is C12H25B. The molecule has 13 heavy (non-hydrogen) atoms. The van der Waals surface area contributed by atoms with Crippen LogP contribution in [0.2, 0.25) is 5.82 Å². The monoisotopic (exact) mass is 180 g/mol. The SMILES string of the molecule is BC1C(C(CC)CCCC)[C@H]1CC. The van der Waals surface area contributed by atoms with Crippen LogP contribution in [0.5, 0.6) is 0 Å². The van der Waals surface area contributed by atoms with Gasteiger partial charge in [-0.3, -0.25) is 0 Å². The normalized spacial score (nSPS) is 34.5. The molecule has 0 aromatic carbocycles. The van der Waals surface area contributed by atoms with Crippen LogP contribution in [0.15, 0.2) is 0 Å². The first kappa shape index (κ1) is 11.1. The largest absolute Gasteiger partial charge is 0.106 e. The summed E-state index contributed by atoms with van der Waals surface area (Å²) in [5.41, 5.74) is 0. The Balaban J connectivity index is 2.31. The molecule has 76 valence electrons. The van der Waals surface area contributed by atoms with Crippen LogP contribution in [0, 0.1) is 17.8 Å². The van der Waals surface area contributed by atoms with Gasteiger partial charge in [0.2, 0.25) is 0 Å². The zero-order chi connectivity index (χ0) is 9.84. The lowest BCUT2D eigenvalue weighted by Crippen LogP contribution is -2.03. The van der Waals surface area contributed by atoms with Crippen molar-refractivity contribution in [2.75, 3.05) is 0 Å². The summed E-state index contributed by atoms with van der Waals surface area (Å²) < 4.78 is 0. The molecule has 0 aromatic rings. The second-order valence-electron chi connectivity index (χ2n) is 4.82. The first-order chi connectivity index (χ1) is 6.26. The minimum Gasteiger partial charge on any atom is -0.0654 e. The molecule has 0 heterocycles. The average molecular weight is 180 g/mol. The van der Waals surface area contributed by atoms with Crippen molar-refractivity contribution in [2.24, 2.45) is 17.8 Å². The first-order valence-corrected chi connectivity index (χ1v) is 6.26. The molecule has 4 atom stereocenters. The van der Waals surface area contributed by atoms with Crippen LogP contribution in [0.3, 0.4) is 0 Å². The molecule has 1 saturated carbocycles. The summed E-state index contributed by atoms with van der Waals surface area (Å²) in [6.45, 7) is 7.03. The van der Waals surface area contributed by atoms with Crippen LogP contribution in [0.4, 0.5) is 0 Å². The van der Waals surface area contributed by atoms with Crippen molar-refractivity contribution in [2.45, 2.75) is 58.7 Å². The lowest BCUT2D eigenvalue weighted by Gasteiger charge is -2.14. The summed E-state index contributed by atoms with van der Waals surface area (Å²) >= 11 is 0. The smallest absolute Gasteiger partial charge is 0.0654 e. The van der Waals surface area contributed by atoms with Crippen molar-refractivity contribution in [1.29, 1.82) is 0 Å². The summed E-state index contributed by atoms with van der Waals surface area (Å²) in [4.78, 5) is 0. The molecule has 0 radical (unpaired) electrons. The van der Waals surface area contributed by atoms with Crippen LogP contribution >= 0.6 is 0 Å². The number of hydrogen-bond acceptors (Lipinski definition) is 0. The maximum Gasteiger partial charge on any atom is 0.106 e. The fourth-order valence-corrected chi connectivity index (χ4v) is 3.14. The zero-order valence-corrected chi connectivity index (χ0v) is 9.84. The Morgan fingerprint density at radius 3 is 2.31 bits per heavy atom. The molecule has 1 rings (SSSR count). The van der Waals surface area contributed by atoms with Crippen LogP contribution in [-0.4, -0.2) is 7.85 Å². The van der Waals surface area contributed by atoms with E-state index in [0.717, 1.165) is 23.6 Å². The van der Waals surface area contributed by atoms with Gasteiger partial charge in [-0.2, -0.15) is 0 Å². The Morgan fingerprint density at radius 1 is 1.23 bits per heavy atom. The summed E-state index contributed by atoms with van der Waals surface area (Å²) in [6, 6.07) is 0. The standard InChI is InChI=1S/C12H25B/c1-4-7-8-9(5-2)11-10(6-3)12(11)13/h9-12H,4-8,13H2,1-3H3/t9?,10-,11?,12?/m1/s1. The Hall–Kier alpha value is 0.0649. The third-order valence-corrected chi connectivity index (χ3v) is 4.10. The molecule has 0 amide bonds. The van der Waals surface area contributed by atoms with Gasteiger partial charge in [0, 0.05) is 0 Å². The highest BCUT2D eigenvalue weighted by Crippen LogP contribution is 2.57. The third kappa shape index (κ3) is 2.51. The van der Waals surface area contributed by atoms with Crippen LogP contribution in [0.25, 0.3) is 0 Å². The van der Waals surface area contributed by atoms with Crippen LogP contribution < -0.4 is 0 Å². The van der Waals surface area contributed by atoms with Gasteiger partial charge in [0.25, 0.3) is 0 Å². The third-order valence-electron chi connectivity index (χ3n) is 4.10. The van der Waals surface area contributed by atoms with Crippen molar-refractivity contribution >= 4 is 7.85 Å². The minimum atomic E-state index is 1.03. The molecule has 1 heteroatoms. The Bertz CT molecular complexity index is 144. The van der Waals surface area contributed by atoms with E-state index < -0.39 is 0 Å². The summed E-state index contributed by atoms with van der Waals surface area (Å²) in [5, 5.41) is 0. The molecule has 0 saturated heterocycles. The molecule has 0 N–H and O–H groups in total. The summed E-state index contributed by atoms with van der Waals surface area (Å²) in [5.74, 6) is 4.23. The second kappa shape index (κ2) is 5.07. The van der Waals surface area contributed by atoms with E-state index >= 15 is 0 Å². The maximum atomic E-state index is 2.45. The molecule has 1 aliphatic carbocycles. The zero-order valence-electron chi connectivity index (χ0n) is 9.84. The van der Waals surface area contributed by atoms with Gasteiger partial charge in [0.1, 0.15) is 7.85 Å². The molecule has 1 aliphatic rings. The Morgan fingerprint density at radius 2 is 1.92 bits per heavy atom. The van der Waals surface area contributed by atoms with Gasteiger partial charge in [-0.25, -0.2) is 0 Å². The first-order valence-electron chi connectivity index (χ1n) is 6.26. The Labute approximate surface area is 84.9 Å². The highest BCUT2D eigenvalue weighted by atomic mass is 14.5. The van der Waals surface area contributed by atoms with E-state index in [2.05, 4.69) is 28.6 Å². The Kier molecular flexibility index (Phi) is 4.35. The van der Waals surface area contributed by atoms with Gasteiger partial charge in [-0.1, -0.05) is 58.7 Å². The van der Waals surface area contributed by atoms with E-state index in [-0.39, 0.29) is 0 Å². The highest BCUT2D eigenvalue weighted by Gasteiger charge is 2.47. The number of rotatable bonds is 6. The van der Waals surface area contributed by atoms with Crippen LogP contribution in [-0.2, 0) is 0 Å². The highest BCUT2D eigenvalue weighted by molar-refractivity contribution is 6.14.